The first kappa shape index (κ1) is 20.2. The van der Waals surface area contributed by atoms with Crippen molar-refractivity contribution in [3.05, 3.63) is 72.7 Å². The number of hydrogen-bond acceptors (Lipinski definition) is 5. The number of rotatable bonds is 7. The summed E-state index contributed by atoms with van der Waals surface area (Å²) >= 11 is 0. The molecule has 5 rings (SSSR count). The molecule has 3 aromatic heterocycles. The highest BCUT2D eigenvalue weighted by molar-refractivity contribution is 5.99. The molecule has 7 nitrogen and oxygen atoms in total. The number of nitrogens with zero attached hydrogens (tertiary/aromatic N) is 5. The first-order valence-corrected chi connectivity index (χ1v) is 11.1. The minimum absolute atomic E-state index is 0.170. The Morgan fingerprint density at radius 3 is 2.69 bits per heavy atom. The molecule has 0 aliphatic carbocycles. The van der Waals surface area contributed by atoms with Crippen molar-refractivity contribution in [2.45, 2.75) is 25.8 Å². The van der Waals surface area contributed by atoms with Gasteiger partial charge in [0.05, 0.1) is 11.3 Å². The number of fused-ring (bicyclic) bond motifs is 1. The van der Waals surface area contributed by atoms with Crippen LogP contribution in [0.5, 0.6) is 0 Å². The molecule has 162 valence electrons. The van der Waals surface area contributed by atoms with Crippen LogP contribution in [-0.2, 0) is 6.54 Å². The van der Waals surface area contributed by atoms with Gasteiger partial charge in [-0.25, -0.2) is 9.97 Å². The lowest BCUT2D eigenvalue weighted by Gasteiger charge is -2.17. The quantitative estimate of drug-likeness (QED) is 0.454. The van der Waals surface area contributed by atoms with Gasteiger partial charge in [0.2, 0.25) is 5.95 Å². The number of anilines is 1. The standard InChI is InChI=1S/C25H26N6O/c32-24(27-13-7-16-30-17-11-19-8-1-2-10-22(19)30)20-18-28-25(31-14-5-6-15-31)29-23(20)21-9-3-4-12-26-21/h1-4,8-12,17-18H,5-7,13-16H2,(H,27,32). The van der Waals surface area contributed by atoms with Crippen LogP contribution >= 0.6 is 0 Å². The van der Waals surface area contributed by atoms with Gasteiger partial charge >= 0.3 is 0 Å². The van der Waals surface area contributed by atoms with Gasteiger partial charge in [-0.05, 0) is 48.9 Å². The lowest BCUT2D eigenvalue weighted by Crippen LogP contribution is -2.27. The maximum atomic E-state index is 13.0. The number of aromatic nitrogens is 4. The Labute approximate surface area is 187 Å². The molecule has 1 aliphatic heterocycles. The molecule has 1 N–H and O–H groups in total. The molecule has 1 amide bonds. The zero-order valence-corrected chi connectivity index (χ0v) is 17.9. The first-order chi connectivity index (χ1) is 15.8. The maximum Gasteiger partial charge on any atom is 0.255 e. The molecule has 0 radical (unpaired) electrons. The van der Waals surface area contributed by atoms with E-state index in [9.17, 15) is 4.79 Å². The summed E-state index contributed by atoms with van der Waals surface area (Å²) in [4.78, 5) is 28.8. The lowest BCUT2D eigenvalue weighted by atomic mass is 10.1. The fraction of sp³-hybridized carbons (Fsp3) is 0.280. The largest absolute Gasteiger partial charge is 0.352 e. The normalized spacial score (nSPS) is 13.6. The number of benzene rings is 1. The van der Waals surface area contributed by atoms with E-state index in [1.807, 2.05) is 30.3 Å². The third-order valence-corrected chi connectivity index (χ3v) is 5.86. The van der Waals surface area contributed by atoms with Gasteiger partial charge in [-0.1, -0.05) is 24.3 Å². The summed E-state index contributed by atoms with van der Waals surface area (Å²) in [5.41, 5.74) is 2.93. The molecule has 0 atom stereocenters. The third-order valence-electron chi connectivity index (χ3n) is 5.86. The molecule has 0 spiro atoms. The molecule has 0 saturated carbocycles. The van der Waals surface area contributed by atoms with Crippen molar-refractivity contribution in [1.29, 1.82) is 0 Å². The average Bonchev–Trinajstić information content (AvgIpc) is 3.53. The molecule has 1 fully saturated rings. The number of amides is 1. The van der Waals surface area contributed by atoms with Crippen LogP contribution in [0.1, 0.15) is 29.6 Å². The second-order valence-corrected chi connectivity index (χ2v) is 8.02. The van der Waals surface area contributed by atoms with Gasteiger partial charge in [-0.15, -0.1) is 0 Å². The number of hydrogen-bond donors (Lipinski definition) is 1. The van der Waals surface area contributed by atoms with E-state index in [1.165, 1.54) is 10.9 Å². The summed E-state index contributed by atoms with van der Waals surface area (Å²) in [5, 5.41) is 4.26. The minimum Gasteiger partial charge on any atom is -0.352 e. The minimum atomic E-state index is -0.170. The van der Waals surface area contributed by atoms with E-state index in [2.05, 4.69) is 49.1 Å². The van der Waals surface area contributed by atoms with Crippen LogP contribution in [-0.4, -0.2) is 45.1 Å². The summed E-state index contributed by atoms with van der Waals surface area (Å²) < 4.78 is 2.22. The molecule has 1 aliphatic rings. The Kier molecular flexibility index (Phi) is 5.79. The molecular weight excluding hydrogens is 400 g/mol. The Morgan fingerprint density at radius 2 is 1.84 bits per heavy atom. The highest BCUT2D eigenvalue weighted by Gasteiger charge is 2.21. The van der Waals surface area contributed by atoms with E-state index in [1.54, 1.807) is 12.4 Å². The fourth-order valence-electron chi connectivity index (χ4n) is 4.19. The Bertz CT molecular complexity index is 1210. The zero-order chi connectivity index (χ0) is 21.8. The number of para-hydroxylation sites is 1. The average molecular weight is 427 g/mol. The first-order valence-electron chi connectivity index (χ1n) is 11.1. The number of carbonyl (C=O) groups excluding carboxylic acids is 1. The van der Waals surface area contributed by atoms with Gasteiger partial charge in [-0.3, -0.25) is 9.78 Å². The number of pyridine rings is 1. The van der Waals surface area contributed by atoms with E-state index in [-0.39, 0.29) is 5.91 Å². The van der Waals surface area contributed by atoms with Gasteiger partial charge in [-0.2, -0.15) is 0 Å². The molecule has 1 saturated heterocycles. The summed E-state index contributed by atoms with van der Waals surface area (Å²) in [7, 11) is 0. The fourth-order valence-corrected chi connectivity index (χ4v) is 4.19. The second-order valence-electron chi connectivity index (χ2n) is 8.02. The van der Waals surface area contributed by atoms with Crippen molar-refractivity contribution in [3.63, 3.8) is 0 Å². The number of nitrogens with one attached hydrogen (secondary N) is 1. The topological polar surface area (TPSA) is 75.9 Å². The van der Waals surface area contributed by atoms with Gasteiger partial charge in [0.1, 0.15) is 5.69 Å². The van der Waals surface area contributed by atoms with Crippen LogP contribution < -0.4 is 10.2 Å². The van der Waals surface area contributed by atoms with Gasteiger partial charge in [0.15, 0.2) is 0 Å². The number of aryl methyl sites for hydroxylation is 1. The van der Waals surface area contributed by atoms with Crippen LogP contribution in [0.15, 0.2) is 67.1 Å². The van der Waals surface area contributed by atoms with Crippen molar-refractivity contribution < 1.29 is 4.79 Å². The molecule has 0 bridgehead atoms. The molecule has 4 heterocycles. The molecule has 32 heavy (non-hydrogen) atoms. The highest BCUT2D eigenvalue weighted by Crippen LogP contribution is 2.23. The van der Waals surface area contributed by atoms with Crippen molar-refractivity contribution in [2.75, 3.05) is 24.5 Å². The third kappa shape index (κ3) is 4.19. The Morgan fingerprint density at radius 1 is 1.00 bits per heavy atom. The molecule has 4 aromatic rings. The maximum absolute atomic E-state index is 13.0. The lowest BCUT2D eigenvalue weighted by molar-refractivity contribution is 0.0952. The Hall–Kier alpha value is -3.74. The van der Waals surface area contributed by atoms with Crippen LogP contribution in [0.2, 0.25) is 0 Å². The van der Waals surface area contributed by atoms with E-state index in [4.69, 9.17) is 4.98 Å². The van der Waals surface area contributed by atoms with Crippen molar-refractivity contribution in [1.82, 2.24) is 24.8 Å². The summed E-state index contributed by atoms with van der Waals surface area (Å²) in [6.07, 6.45) is 8.56. The van der Waals surface area contributed by atoms with Crippen LogP contribution in [0, 0.1) is 0 Å². The van der Waals surface area contributed by atoms with Crippen molar-refractivity contribution in [2.24, 2.45) is 0 Å². The predicted molar refractivity (Wildman–Crippen MR) is 126 cm³/mol. The van der Waals surface area contributed by atoms with Crippen LogP contribution in [0.3, 0.4) is 0 Å². The van der Waals surface area contributed by atoms with Crippen molar-refractivity contribution >= 4 is 22.8 Å². The van der Waals surface area contributed by atoms with Gasteiger partial charge < -0.3 is 14.8 Å². The van der Waals surface area contributed by atoms with E-state index in [0.29, 0.717) is 29.4 Å². The summed E-state index contributed by atoms with van der Waals surface area (Å²) in [6.45, 7) is 3.30. The molecule has 1 aromatic carbocycles. The monoisotopic (exact) mass is 426 g/mol. The van der Waals surface area contributed by atoms with Gasteiger partial charge in [0.25, 0.3) is 5.91 Å². The predicted octanol–water partition coefficient (Wildman–Crippen LogP) is 3.91. The SMILES string of the molecule is O=C(NCCCn1ccc2ccccc21)c1cnc(N2CCCC2)nc1-c1ccccn1. The Balaban J connectivity index is 1.29. The summed E-state index contributed by atoms with van der Waals surface area (Å²) in [5.74, 6) is 0.496. The molecule has 0 unspecified atom stereocenters. The highest BCUT2D eigenvalue weighted by atomic mass is 16.1. The zero-order valence-electron chi connectivity index (χ0n) is 17.9. The van der Waals surface area contributed by atoms with E-state index < -0.39 is 0 Å². The van der Waals surface area contributed by atoms with Crippen molar-refractivity contribution in [3.8, 4) is 11.4 Å². The second kappa shape index (κ2) is 9.18. The van der Waals surface area contributed by atoms with E-state index >= 15 is 0 Å². The van der Waals surface area contributed by atoms with Gasteiger partial charge in [0, 0.05) is 50.3 Å². The number of carbonyl (C=O) groups is 1. The summed E-state index contributed by atoms with van der Waals surface area (Å²) in [6, 6.07) is 16.1. The van der Waals surface area contributed by atoms with Crippen LogP contribution in [0.25, 0.3) is 22.3 Å². The molecular formula is C25H26N6O. The van der Waals surface area contributed by atoms with Crippen LogP contribution in [0.4, 0.5) is 5.95 Å². The van der Waals surface area contributed by atoms with E-state index in [0.717, 1.165) is 38.9 Å². The molecule has 7 heteroatoms. The smallest absolute Gasteiger partial charge is 0.255 e.